The number of aromatic nitrogens is 2. The van der Waals surface area contributed by atoms with E-state index in [1.54, 1.807) is 10.3 Å². The Hall–Kier alpha value is -0.960. The Morgan fingerprint density at radius 2 is 2.27 bits per heavy atom. The summed E-state index contributed by atoms with van der Waals surface area (Å²) in [4.78, 5) is 4.17. The van der Waals surface area contributed by atoms with Gasteiger partial charge in [0.1, 0.15) is 6.33 Å². The predicted molar refractivity (Wildman–Crippen MR) is 48.9 cm³/mol. The van der Waals surface area contributed by atoms with Gasteiger partial charge < -0.3 is 0 Å². The third kappa shape index (κ3) is 0.922. The lowest BCUT2D eigenvalue weighted by Crippen LogP contribution is -1.80. The summed E-state index contributed by atoms with van der Waals surface area (Å²) < 4.78 is 1.74. The van der Waals surface area contributed by atoms with Crippen molar-refractivity contribution in [1.82, 2.24) is 8.96 Å². The lowest BCUT2D eigenvalue weighted by atomic mass is 10.2. The number of nitrogens with zero attached hydrogens (tertiary/aromatic N) is 2. The highest BCUT2D eigenvalue weighted by Crippen LogP contribution is 2.16. The molecule has 0 atom stereocenters. The molecule has 0 aliphatic carbocycles. The molecule has 0 radical (unpaired) electrons. The zero-order valence-corrected chi connectivity index (χ0v) is 7.05. The van der Waals surface area contributed by atoms with Crippen molar-refractivity contribution < 1.29 is 0 Å². The van der Waals surface area contributed by atoms with Gasteiger partial charge in [-0.3, -0.25) is 3.97 Å². The van der Waals surface area contributed by atoms with E-state index in [1.165, 1.54) is 5.56 Å². The van der Waals surface area contributed by atoms with Gasteiger partial charge in [-0.1, -0.05) is 24.9 Å². The van der Waals surface area contributed by atoms with Crippen molar-refractivity contribution in [2.24, 2.45) is 0 Å². The number of hydrogen-bond acceptors (Lipinski definition) is 2. The van der Waals surface area contributed by atoms with E-state index >= 15 is 0 Å². The van der Waals surface area contributed by atoms with Gasteiger partial charge in [0, 0.05) is 0 Å². The Bertz CT molecular complexity index is 392. The van der Waals surface area contributed by atoms with Crippen LogP contribution in [0.2, 0.25) is 0 Å². The Labute approximate surface area is 70.4 Å². The lowest BCUT2D eigenvalue weighted by molar-refractivity contribution is 1.27. The van der Waals surface area contributed by atoms with Gasteiger partial charge in [-0.15, -0.1) is 0 Å². The number of hydrogen-bond donors (Lipinski definition) is 1. The highest BCUT2D eigenvalue weighted by Gasteiger charge is 2.00. The summed E-state index contributed by atoms with van der Waals surface area (Å²) in [6, 6.07) is 6.03. The van der Waals surface area contributed by atoms with E-state index < -0.39 is 0 Å². The minimum Gasteiger partial charge on any atom is -0.275 e. The quantitative estimate of drug-likeness (QED) is 0.590. The van der Waals surface area contributed by atoms with Crippen LogP contribution in [0.5, 0.6) is 0 Å². The number of para-hydroxylation sites is 1. The van der Waals surface area contributed by atoms with Crippen molar-refractivity contribution in [3.63, 3.8) is 0 Å². The highest BCUT2D eigenvalue weighted by molar-refractivity contribution is 7.78. The molecule has 1 heterocycles. The summed E-state index contributed by atoms with van der Waals surface area (Å²) >= 11 is 4.23. The smallest absolute Gasteiger partial charge is 0.106 e. The zero-order chi connectivity index (χ0) is 7.84. The van der Waals surface area contributed by atoms with Crippen molar-refractivity contribution in [3.8, 4) is 0 Å². The second-order valence-corrected chi connectivity index (χ2v) is 2.96. The van der Waals surface area contributed by atoms with Crippen molar-refractivity contribution >= 4 is 23.8 Å². The second kappa shape index (κ2) is 2.27. The average Bonchev–Trinajstić information content (AvgIpc) is 2.34. The third-order valence-electron chi connectivity index (χ3n) is 1.75. The first-order chi connectivity index (χ1) is 5.29. The minimum atomic E-state index is 1.00. The number of benzene rings is 1. The van der Waals surface area contributed by atoms with Gasteiger partial charge in [0.05, 0.1) is 11.0 Å². The Morgan fingerprint density at radius 3 is 3.00 bits per heavy atom. The molecular weight excluding hydrogens is 156 g/mol. The summed E-state index contributed by atoms with van der Waals surface area (Å²) in [5, 5.41) is 0. The van der Waals surface area contributed by atoms with E-state index in [0.29, 0.717) is 0 Å². The fourth-order valence-corrected chi connectivity index (χ4v) is 1.53. The molecule has 1 aromatic carbocycles. The molecule has 0 fully saturated rings. The molecule has 0 spiro atoms. The molecule has 0 unspecified atom stereocenters. The van der Waals surface area contributed by atoms with E-state index in [1.807, 2.05) is 12.1 Å². The summed E-state index contributed by atoms with van der Waals surface area (Å²) in [7, 11) is 0. The zero-order valence-electron chi connectivity index (χ0n) is 6.15. The van der Waals surface area contributed by atoms with Crippen LogP contribution in [-0.2, 0) is 0 Å². The molecule has 0 N–H and O–H groups in total. The van der Waals surface area contributed by atoms with E-state index in [0.717, 1.165) is 11.0 Å². The van der Waals surface area contributed by atoms with Gasteiger partial charge >= 0.3 is 0 Å². The Balaban J connectivity index is 2.96. The number of imidazole rings is 1. The van der Waals surface area contributed by atoms with Crippen molar-refractivity contribution in [2.45, 2.75) is 6.92 Å². The third-order valence-corrected chi connectivity index (χ3v) is 2.06. The summed E-state index contributed by atoms with van der Waals surface area (Å²) in [6.45, 7) is 2.05. The van der Waals surface area contributed by atoms with Crippen LogP contribution in [-0.4, -0.2) is 8.96 Å². The first-order valence-electron chi connectivity index (χ1n) is 3.41. The maximum absolute atomic E-state index is 4.23. The molecule has 2 nitrogen and oxygen atoms in total. The van der Waals surface area contributed by atoms with Crippen molar-refractivity contribution in [3.05, 3.63) is 30.1 Å². The Kier molecular flexibility index (Phi) is 1.39. The molecular formula is C8H8N2S. The fourth-order valence-electron chi connectivity index (χ4n) is 1.22. The predicted octanol–water partition coefficient (Wildman–Crippen LogP) is 2.04. The normalized spacial score (nSPS) is 10.7. The molecule has 0 amide bonds. The number of thiol groups is 1. The van der Waals surface area contributed by atoms with Crippen LogP contribution < -0.4 is 0 Å². The first-order valence-corrected chi connectivity index (χ1v) is 3.81. The fraction of sp³-hybridized carbons (Fsp3) is 0.125. The van der Waals surface area contributed by atoms with Crippen molar-refractivity contribution in [1.29, 1.82) is 0 Å². The van der Waals surface area contributed by atoms with Crippen LogP contribution in [0.15, 0.2) is 24.5 Å². The van der Waals surface area contributed by atoms with Crippen molar-refractivity contribution in [2.75, 3.05) is 0 Å². The van der Waals surface area contributed by atoms with Crippen LogP contribution in [0.1, 0.15) is 5.56 Å². The number of rotatable bonds is 0. The number of fused-ring (bicyclic) bond motifs is 1. The van der Waals surface area contributed by atoms with Crippen LogP contribution in [0.25, 0.3) is 11.0 Å². The van der Waals surface area contributed by atoms with Gasteiger partial charge in [0.25, 0.3) is 0 Å². The van der Waals surface area contributed by atoms with E-state index in [2.05, 4.69) is 30.8 Å². The topological polar surface area (TPSA) is 17.8 Å². The minimum absolute atomic E-state index is 1.00. The summed E-state index contributed by atoms with van der Waals surface area (Å²) in [6.07, 6.45) is 1.71. The first kappa shape index (κ1) is 6.73. The maximum Gasteiger partial charge on any atom is 0.106 e. The van der Waals surface area contributed by atoms with Crippen LogP contribution >= 0.6 is 12.8 Å². The molecule has 11 heavy (non-hydrogen) atoms. The Morgan fingerprint density at radius 1 is 1.45 bits per heavy atom. The molecule has 56 valence electrons. The summed E-state index contributed by atoms with van der Waals surface area (Å²) in [5.74, 6) is 0. The second-order valence-electron chi connectivity index (χ2n) is 2.53. The van der Waals surface area contributed by atoms with Gasteiger partial charge in [0.2, 0.25) is 0 Å². The van der Waals surface area contributed by atoms with E-state index in [9.17, 15) is 0 Å². The lowest BCUT2D eigenvalue weighted by Gasteiger charge is -1.95. The van der Waals surface area contributed by atoms with Gasteiger partial charge in [-0.2, -0.15) is 0 Å². The van der Waals surface area contributed by atoms with Gasteiger partial charge in [0.15, 0.2) is 0 Å². The van der Waals surface area contributed by atoms with Crippen LogP contribution in [0, 0.1) is 6.92 Å². The van der Waals surface area contributed by atoms with Crippen LogP contribution in [0.4, 0.5) is 0 Å². The maximum atomic E-state index is 4.23. The molecule has 0 aliphatic heterocycles. The number of aryl methyl sites for hydroxylation is 1. The molecule has 0 aliphatic rings. The molecule has 0 saturated heterocycles. The van der Waals surface area contributed by atoms with Gasteiger partial charge in [-0.05, 0) is 18.6 Å². The summed E-state index contributed by atoms with van der Waals surface area (Å²) in [5.41, 5.74) is 3.30. The molecule has 0 saturated carbocycles. The SMILES string of the molecule is Cc1cccc2ncn(S)c12. The van der Waals surface area contributed by atoms with Crippen LogP contribution in [0.3, 0.4) is 0 Å². The standard InChI is InChI=1S/C8H8N2S/c1-6-3-2-4-7-8(6)10(11)5-9-7/h2-5,11H,1H3. The molecule has 2 rings (SSSR count). The van der Waals surface area contributed by atoms with E-state index in [4.69, 9.17) is 0 Å². The molecule has 0 bridgehead atoms. The van der Waals surface area contributed by atoms with Gasteiger partial charge in [-0.25, -0.2) is 4.98 Å². The molecule has 3 heteroatoms. The average molecular weight is 164 g/mol. The monoisotopic (exact) mass is 164 g/mol. The highest BCUT2D eigenvalue weighted by atomic mass is 32.1. The molecule has 2 aromatic rings. The largest absolute Gasteiger partial charge is 0.275 e. The van der Waals surface area contributed by atoms with E-state index in [-0.39, 0.29) is 0 Å². The molecule has 1 aromatic heterocycles.